The van der Waals surface area contributed by atoms with Gasteiger partial charge in [-0.25, -0.2) is 8.42 Å². The lowest BCUT2D eigenvalue weighted by atomic mass is 10.1. The Hall–Kier alpha value is -1.11. The predicted octanol–water partition coefficient (Wildman–Crippen LogP) is 4.06. The minimum absolute atomic E-state index is 0.0790. The van der Waals surface area contributed by atoms with Crippen LogP contribution in [-0.2, 0) is 23.0 Å². The molecule has 1 saturated heterocycles. The van der Waals surface area contributed by atoms with Gasteiger partial charge in [0.05, 0.1) is 5.02 Å². The van der Waals surface area contributed by atoms with E-state index in [2.05, 4.69) is 36.1 Å². The molecule has 0 unspecified atom stereocenters. The number of aryl methyl sites for hydroxylation is 1. The van der Waals surface area contributed by atoms with Gasteiger partial charge in [-0.1, -0.05) is 54.4 Å². The molecule has 0 saturated carbocycles. The van der Waals surface area contributed by atoms with Gasteiger partial charge in [-0.2, -0.15) is 4.31 Å². The summed E-state index contributed by atoms with van der Waals surface area (Å²) in [6.45, 7) is 5.23. The highest BCUT2D eigenvalue weighted by atomic mass is 35.5. The number of hydrogen-bond donors (Lipinski definition) is 0. The second-order valence-electron chi connectivity index (χ2n) is 6.43. The van der Waals surface area contributed by atoms with E-state index in [1.54, 1.807) is 6.07 Å². The molecule has 2 aromatic rings. The van der Waals surface area contributed by atoms with Gasteiger partial charge in [-0.15, -0.1) is 0 Å². The summed E-state index contributed by atoms with van der Waals surface area (Å²) in [5.41, 5.74) is 2.57. The Morgan fingerprint density at radius 3 is 2.15 bits per heavy atom. The lowest BCUT2D eigenvalue weighted by molar-refractivity contribution is 0.181. The van der Waals surface area contributed by atoms with E-state index in [-0.39, 0.29) is 9.92 Å². The van der Waals surface area contributed by atoms with Gasteiger partial charge in [0.1, 0.15) is 4.90 Å². The van der Waals surface area contributed by atoms with Crippen molar-refractivity contribution in [2.24, 2.45) is 0 Å². The Morgan fingerprint density at radius 2 is 1.54 bits per heavy atom. The largest absolute Gasteiger partial charge is 0.296 e. The number of sulfonamides is 1. The summed E-state index contributed by atoms with van der Waals surface area (Å²) < 4.78 is 27.2. The first-order chi connectivity index (χ1) is 12.4. The van der Waals surface area contributed by atoms with E-state index in [0.717, 1.165) is 13.0 Å². The van der Waals surface area contributed by atoms with Crippen LogP contribution < -0.4 is 0 Å². The summed E-state index contributed by atoms with van der Waals surface area (Å²) in [6.07, 6.45) is 1.03. The van der Waals surface area contributed by atoms with Crippen molar-refractivity contribution in [3.63, 3.8) is 0 Å². The maximum atomic E-state index is 12.9. The molecular formula is C19H22Cl2N2O2S. The number of hydrogen-bond acceptors (Lipinski definition) is 3. The molecule has 3 rings (SSSR count). The average molecular weight is 413 g/mol. The fraction of sp³-hybridized carbons (Fsp3) is 0.368. The first-order valence-electron chi connectivity index (χ1n) is 8.65. The lowest BCUT2D eigenvalue weighted by Gasteiger charge is -2.34. The monoisotopic (exact) mass is 412 g/mol. The molecule has 1 aliphatic heterocycles. The molecule has 0 radical (unpaired) electrons. The first-order valence-corrected chi connectivity index (χ1v) is 10.8. The van der Waals surface area contributed by atoms with Gasteiger partial charge in [-0.05, 0) is 35.7 Å². The van der Waals surface area contributed by atoms with Crippen LogP contribution in [0, 0.1) is 0 Å². The Balaban J connectivity index is 1.64. The summed E-state index contributed by atoms with van der Waals surface area (Å²) >= 11 is 12.0. The van der Waals surface area contributed by atoms with Crippen LogP contribution in [0.2, 0.25) is 10.0 Å². The highest BCUT2D eigenvalue weighted by Gasteiger charge is 2.30. The van der Waals surface area contributed by atoms with Crippen LogP contribution in [0.15, 0.2) is 47.4 Å². The molecule has 0 atom stereocenters. The van der Waals surface area contributed by atoms with Crippen molar-refractivity contribution in [2.45, 2.75) is 24.8 Å². The molecule has 140 valence electrons. The quantitative estimate of drug-likeness (QED) is 0.742. The van der Waals surface area contributed by atoms with Crippen molar-refractivity contribution in [1.29, 1.82) is 0 Å². The normalized spacial score (nSPS) is 16.7. The van der Waals surface area contributed by atoms with Gasteiger partial charge in [0.15, 0.2) is 0 Å². The van der Waals surface area contributed by atoms with E-state index in [4.69, 9.17) is 23.2 Å². The molecule has 1 heterocycles. The average Bonchev–Trinajstić information content (AvgIpc) is 2.65. The van der Waals surface area contributed by atoms with Crippen molar-refractivity contribution < 1.29 is 8.42 Å². The van der Waals surface area contributed by atoms with Gasteiger partial charge in [-0.3, -0.25) is 4.90 Å². The zero-order valence-corrected chi connectivity index (χ0v) is 17.0. The predicted molar refractivity (Wildman–Crippen MR) is 106 cm³/mol. The maximum absolute atomic E-state index is 12.9. The second-order valence-corrected chi connectivity index (χ2v) is 9.18. The minimum atomic E-state index is -3.63. The van der Waals surface area contributed by atoms with Crippen LogP contribution in [0.4, 0.5) is 0 Å². The molecule has 26 heavy (non-hydrogen) atoms. The fourth-order valence-corrected chi connectivity index (χ4v) is 5.24. The molecular weight excluding hydrogens is 391 g/mol. The van der Waals surface area contributed by atoms with E-state index in [0.29, 0.717) is 31.2 Å². The Labute approximate surface area is 165 Å². The summed E-state index contributed by atoms with van der Waals surface area (Å²) in [7, 11) is -3.63. The minimum Gasteiger partial charge on any atom is -0.296 e. The molecule has 0 bridgehead atoms. The van der Waals surface area contributed by atoms with Crippen molar-refractivity contribution in [1.82, 2.24) is 9.21 Å². The van der Waals surface area contributed by atoms with E-state index < -0.39 is 10.0 Å². The fourth-order valence-electron chi connectivity index (χ4n) is 3.08. The lowest BCUT2D eigenvalue weighted by Crippen LogP contribution is -2.48. The zero-order chi connectivity index (χ0) is 18.7. The van der Waals surface area contributed by atoms with Crippen molar-refractivity contribution >= 4 is 33.2 Å². The molecule has 0 amide bonds. The van der Waals surface area contributed by atoms with Crippen LogP contribution in [-0.4, -0.2) is 43.8 Å². The highest BCUT2D eigenvalue weighted by molar-refractivity contribution is 7.89. The van der Waals surface area contributed by atoms with E-state index in [1.807, 2.05) is 0 Å². The molecule has 0 spiro atoms. The van der Waals surface area contributed by atoms with E-state index >= 15 is 0 Å². The van der Waals surface area contributed by atoms with E-state index in [1.165, 1.54) is 27.6 Å². The molecule has 0 aliphatic carbocycles. The third-order valence-electron chi connectivity index (χ3n) is 4.68. The molecule has 1 fully saturated rings. The van der Waals surface area contributed by atoms with Crippen molar-refractivity contribution in [2.75, 3.05) is 26.2 Å². The van der Waals surface area contributed by atoms with E-state index in [9.17, 15) is 8.42 Å². The summed E-state index contributed by atoms with van der Waals surface area (Å²) in [5, 5.41) is 0.565. The van der Waals surface area contributed by atoms with Crippen LogP contribution in [0.3, 0.4) is 0 Å². The third-order valence-corrected chi connectivity index (χ3v) is 7.30. The van der Waals surface area contributed by atoms with Gasteiger partial charge < -0.3 is 0 Å². The van der Waals surface area contributed by atoms with Crippen LogP contribution in [0.25, 0.3) is 0 Å². The molecule has 2 aromatic carbocycles. The molecule has 1 aliphatic rings. The number of halogens is 2. The third kappa shape index (κ3) is 4.41. The SMILES string of the molecule is CCc1ccc(CN2CCN(S(=O)(=O)c3cc(Cl)ccc3Cl)CC2)cc1. The smallest absolute Gasteiger partial charge is 0.244 e. The molecule has 0 aromatic heterocycles. The van der Waals surface area contributed by atoms with Gasteiger partial charge >= 0.3 is 0 Å². The second kappa shape index (κ2) is 8.28. The standard InChI is InChI=1S/C19H22Cl2N2O2S/c1-2-15-3-5-16(6-4-15)14-22-9-11-23(12-10-22)26(24,25)19-13-17(20)7-8-18(19)21/h3-8,13H,2,9-12,14H2,1H3. The molecule has 0 N–H and O–H groups in total. The van der Waals surface area contributed by atoms with Crippen molar-refractivity contribution in [3.8, 4) is 0 Å². The number of benzene rings is 2. The highest BCUT2D eigenvalue weighted by Crippen LogP contribution is 2.28. The number of rotatable bonds is 5. The van der Waals surface area contributed by atoms with Crippen LogP contribution >= 0.6 is 23.2 Å². The zero-order valence-electron chi connectivity index (χ0n) is 14.7. The Morgan fingerprint density at radius 1 is 0.923 bits per heavy atom. The first kappa shape index (κ1) is 19.6. The van der Waals surface area contributed by atoms with Crippen LogP contribution in [0.5, 0.6) is 0 Å². The van der Waals surface area contributed by atoms with Gasteiger partial charge in [0, 0.05) is 37.7 Å². The summed E-state index contributed by atoms with van der Waals surface area (Å²) in [4.78, 5) is 2.35. The molecule has 4 nitrogen and oxygen atoms in total. The Bertz CT molecular complexity index is 862. The van der Waals surface area contributed by atoms with Crippen molar-refractivity contribution in [3.05, 3.63) is 63.6 Å². The number of nitrogens with zero attached hydrogens (tertiary/aromatic N) is 2. The summed E-state index contributed by atoms with van der Waals surface area (Å²) in [5.74, 6) is 0. The maximum Gasteiger partial charge on any atom is 0.244 e. The molecule has 7 heteroatoms. The van der Waals surface area contributed by atoms with Crippen LogP contribution in [0.1, 0.15) is 18.1 Å². The summed E-state index contributed by atoms with van der Waals surface area (Å²) in [6, 6.07) is 13.1. The topological polar surface area (TPSA) is 40.6 Å². The van der Waals surface area contributed by atoms with Gasteiger partial charge in [0.2, 0.25) is 10.0 Å². The van der Waals surface area contributed by atoms with Gasteiger partial charge in [0.25, 0.3) is 0 Å². The Kier molecular flexibility index (Phi) is 6.25. The number of piperazine rings is 1.